The first-order valence-electron chi connectivity index (χ1n) is 7.52. The molecule has 0 saturated heterocycles. The zero-order chi connectivity index (χ0) is 17.9. The molecule has 0 radical (unpaired) electrons. The van der Waals surface area contributed by atoms with Crippen molar-refractivity contribution in [1.29, 1.82) is 0 Å². The van der Waals surface area contributed by atoms with Crippen LogP contribution >= 0.6 is 0 Å². The van der Waals surface area contributed by atoms with Crippen molar-refractivity contribution in [2.45, 2.75) is 27.2 Å². The Bertz CT molecular complexity index is 786. The molecule has 0 aliphatic carbocycles. The Kier molecular flexibility index (Phi) is 4.92. The maximum absolute atomic E-state index is 11.9. The van der Waals surface area contributed by atoms with Gasteiger partial charge in [-0.1, -0.05) is 20.8 Å². The number of carbonyl (C=O) groups is 3. The van der Waals surface area contributed by atoms with Gasteiger partial charge >= 0.3 is 5.97 Å². The highest BCUT2D eigenvalue weighted by atomic mass is 16.4. The fraction of sp³-hybridized carbons (Fsp3) is 0.353. The Morgan fingerprint density at radius 3 is 2.50 bits per heavy atom. The van der Waals surface area contributed by atoms with E-state index in [0.717, 1.165) is 0 Å². The number of rotatable bonds is 5. The lowest BCUT2D eigenvalue weighted by Crippen LogP contribution is -2.36. The third-order valence-electron chi connectivity index (χ3n) is 3.33. The summed E-state index contributed by atoms with van der Waals surface area (Å²) in [5.74, 6) is -1.66. The van der Waals surface area contributed by atoms with Crippen LogP contribution in [0.1, 0.15) is 37.7 Å². The quantitative estimate of drug-likeness (QED) is 0.780. The monoisotopic (exact) mass is 332 g/mol. The first-order valence-corrected chi connectivity index (χ1v) is 7.52. The van der Waals surface area contributed by atoms with Gasteiger partial charge in [0, 0.05) is 29.5 Å². The summed E-state index contributed by atoms with van der Waals surface area (Å²) in [6.07, 6.45) is 0.144. The molecule has 2 aromatic rings. The van der Waals surface area contributed by atoms with Gasteiger partial charge in [0.05, 0.1) is 0 Å². The SMILES string of the molecule is CC(C)(C)C(=O)NCCC(=O)Nc1ccc2oc(C(=O)O)cc2c1. The van der Waals surface area contributed by atoms with E-state index in [4.69, 9.17) is 9.52 Å². The van der Waals surface area contributed by atoms with Crippen LogP contribution in [-0.4, -0.2) is 29.4 Å². The van der Waals surface area contributed by atoms with Gasteiger partial charge < -0.3 is 20.2 Å². The number of carboxylic acids is 1. The summed E-state index contributed by atoms with van der Waals surface area (Å²) in [6.45, 7) is 5.65. The Balaban J connectivity index is 1.93. The van der Waals surface area contributed by atoms with E-state index in [1.165, 1.54) is 6.07 Å². The lowest BCUT2D eigenvalue weighted by Gasteiger charge is -2.17. The van der Waals surface area contributed by atoms with Crippen LogP contribution in [0.3, 0.4) is 0 Å². The molecule has 3 N–H and O–H groups in total. The van der Waals surface area contributed by atoms with E-state index in [2.05, 4.69) is 10.6 Å². The Morgan fingerprint density at radius 1 is 1.17 bits per heavy atom. The summed E-state index contributed by atoms with van der Waals surface area (Å²) >= 11 is 0. The van der Waals surface area contributed by atoms with Crippen molar-refractivity contribution >= 4 is 34.4 Å². The Labute approximate surface area is 139 Å². The normalized spacial score (nSPS) is 11.3. The van der Waals surface area contributed by atoms with Gasteiger partial charge in [-0.25, -0.2) is 4.79 Å². The summed E-state index contributed by atoms with van der Waals surface area (Å²) in [4.78, 5) is 34.5. The molecule has 0 bridgehead atoms. The van der Waals surface area contributed by atoms with Crippen molar-refractivity contribution in [3.05, 3.63) is 30.0 Å². The van der Waals surface area contributed by atoms with E-state index in [9.17, 15) is 14.4 Å². The molecule has 2 rings (SSSR count). The van der Waals surface area contributed by atoms with Crippen LogP contribution in [0.25, 0.3) is 11.0 Å². The zero-order valence-corrected chi connectivity index (χ0v) is 13.8. The molecule has 2 amide bonds. The summed E-state index contributed by atoms with van der Waals surface area (Å²) < 4.78 is 5.15. The molecule has 0 spiro atoms. The Hall–Kier alpha value is -2.83. The number of amides is 2. The number of carboxylic acid groups (broad SMARTS) is 1. The highest BCUT2D eigenvalue weighted by molar-refractivity contribution is 5.96. The molecule has 7 nitrogen and oxygen atoms in total. The van der Waals surface area contributed by atoms with E-state index < -0.39 is 11.4 Å². The lowest BCUT2D eigenvalue weighted by molar-refractivity contribution is -0.128. The van der Waals surface area contributed by atoms with Gasteiger partial charge in [0.15, 0.2) is 0 Å². The van der Waals surface area contributed by atoms with Crippen molar-refractivity contribution in [2.75, 3.05) is 11.9 Å². The average molecular weight is 332 g/mol. The summed E-state index contributed by atoms with van der Waals surface area (Å²) in [7, 11) is 0. The maximum Gasteiger partial charge on any atom is 0.371 e. The standard InChI is InChI=1S/C17H20N2O5/c1-17(2,3)16(23)18-7-6-14(20)19-11-4-5-12-10(8-11)9-13(24-12)15(21)22/h4-5,8-9H,6-7H2,1-3H3,(H,18,23)(H,19,20)(H,21,22). The van der Waals surface area contributed by atoms with Gasteiger partial charge in [-0.15, -0.1) is 0 Å². The number of nitrogens with one attached hydrogen (secondary N) is 2. The van der Waals surface area contributed by atoms with Gasteiger partial charge in [0.1, 0.15) is 5.58 Å². The smallest absolute Gasteiger partial charge is 0.371 e. The van der Waals surface area contributed by atoms with Crippen LogP contribution in [-0.2, 0) is 9.59 Å². The van der Waals surface area contributed by atoms with Crippen LogP contribution < -0.4 is 10.6 Å². The molecular weight excluding hydrogens is 312 g/mol. The topological polar surface area (TPSA) is 109 Å². The first-order chi connectivity index (χ1) is 11.2. The van der Waals surface area contributed by atoms with E-state index in [0.29, 0.717) is 16.7 Å². The molecule has 0 fully saturated rings. The Morgan fingerprint density at radius 2 is 1.88 bits per heavy atom. The molecule has 0 aliphatic rings. The molecule has 1 aromatic carbocycles. The molecule has 24 heavy (non-hydrogen) atoms. The van der Waals surface area contributed by atoms with E-state index in [1.54, 1.807) is 39.0 Å². The van der Waals surface area contributed by atoms with Crippen molar-refractivity contribution in [2.24, 2.45) is 5.41 Å². The number of hydrogen-bond acceptors (Lipinski definition) is 4. The first kappa shape index (κ1) is 17.5. The highest BCUT2D eigenvalue weighted by Crippen LogP contribution is 2.23. The second-order valence-electron chi connectivity index (χ2n) is 6.47. The number of aromatic carboxylic acids is 1. The number of furan rings is 1. The van der Waals surface area contributed by atoms with Gasteiger partial charge in [0.2, 0.25) is 17.6 Å². The second kappa shape index (κ2) is 6.74. The molecule has 0 atom stereocenters. The summed E-state index contributed by atoms with van der Waals surface area (Å²) in [5, 5.41) is 14.9. The van der Waals surface area contributed by atoms with Crippen molar-refractivity contribution in [3.63, 3.8) is 0 Å². The van der Waals surface area contributed by atoms with Crippen LogP contribution in [0.15, 0.2) is 28.7 Å². The second-order valence-corrected chi connectivity index (χ2v) is 6.47. The zero-order valence-electron chi connectivity index (χ0n) is 13.8. The van der Waals surface area contributed by atoms with Crippen LogP contribution in [0.2, 0.25) is 0 Å². The molecule has 7 heteroatoms. The lowest BCUT2D eigenvalue weighted by atomic mass is 9.96. The summed E-state index contributed by atoms with van der Waals surface area (Å²) in [5.41, 5.74) is 0.472. The van der Waals surface area contributed by atoms with Crippen LogP contribution in [0.5, 0.6) is 0 Å². The largest absolute Gasteiger partial charge is 0.475 e. The average Bonchev–Trinajstić information content (AvgIpc) is 2.89. The van der Waals surface area contributed by atoms with E-state index in [-0.39, 0.29) is 30.5 Å². The fourth-order valence-electron chi connectivity index (χ4n) is 2.00. The van der Waals surface area contributed by atoms with Gasteiger partial charge in [0.25, 0.3) is 0 Å². The minimum absolute atomic E-state index is 0.115. The minimum atomic E-state index is -1.15. The number of benzene rings is 1. The predicted molar refractivity (Wildman–Crippen MR) is 88.9 cm³/mol. The number of fused-ring (bicyclic) bond motifs is 1. The summed E-state index contributed by atoms with van der Waals surface area (Å²) in [6, 6.07) is 6.26. The highest BCUT2D eigenvalue weighted by Gasteiger charge is 2.20. The number of anilines is 1. The van der Waals surface area contributed by atoms with Crippen molar-refractivity contribution < 1.29 is 23.9 Å². The fourth-order valence-corrected chi connectivity index (χ4v) is 2.00. The molecule has 128 valence electrons. The number of hydrogen-bond donors (Lipinski definition) is 3. The van der Waals surface area contributed by atoms with Crippen molar-refractivity contribution in [3.8, 4) is 0 Å². The van der Waals surface area contributed by atoms with E-state index in [1.807, 2.05) is 0 Å². The predicted octanol–water partition coefficient (Wildman–Crippen LogP) is 2.62. The van der Waals surface area contributed by atoms with Gasteiger partial charge in [-0.05, 0) is 24.3 Å². The molecule has 0 aliphatic heterocycles. The van der Waals surface area contributed by atoms with Crippen molar-refractivity contribution in [1.82, 2.24) is 5.32 Å². The molecule has 1 heterocycles. The molecule has 0 unspecified atom stereocenters. The third-order valence-corrected chi connectivity index (χ3v) is 3.33. The molecule has 0 saturated carbocycles. The molecular formula is C17H20N2O5. The van der Waals surface area contributed by atoms with Crippen LogP contribution in [0, 0.1) is 5.41 Å². The third kappa shape index (κ3) is 4.34. The number of carbonyl (C=O) groups excluding carboxylic acids is 2. The van der Waals surface area contributed by atoms with E-state index >= 15 is 0 Å². The van der Waals surface area contributed by atoms with Crippen LogP contribution in [0.4, 0.5) is 5.69 Å². The minimum Gasteiger partial charge on any atom is -0.475 e. The maximum atomic E-state index is 11.9. The molecule has 1 aromatic heterocycles. The van der Waals surface area contributed by atoms with Gasteiger partial charge in [-0.3, -0.25) is 9.59 Å². The van der Waals surface area contributed by atoms with Gasteiger partial charge in [-0.2, -0.15) is 0 Å².